The van der Waals surface area contributed by atoms with Gasteiger partial charge in [-0.3, -0.25) is 14.5 Å². The number of hydrogen-bond acceptors (Lipinski definition) is 8. The molecule has 1 N–H and O–H groups in total. The van der Waals surface area contributed by atoms with Crippen LogP contribution in [-0.2, 0) is 20.9 Å². The monoisotopic (exact) mass is 470 g/mol. The molecule has 2 atom stereocenters. The van der Waals surface area contributed by atoms with Crippen molar-refractivity contribution < 1.29 is 38.1 Å². The Morgan fingerprint density at radius 1 is 1.00 bits per heavy atom. The van der Waals surface area contributed by atoms with Crippen molar-refractivity contribution in [2.75, 3.05) is 28.4 Å². The molecule has 2 aromatic rings. The molecule has 0 radical (unpaired) electrons. The number of esters is 1. The zero-order chi connectivity index (χ0) is 24.4. The number of carbonyl (C=O) groups is 3. The standard InChI is InChI=1S/C24H26N2O8/c1-30-16-8-5-13(11-18(16)32-3)12-25-22(28)15-7-10-19(27)26(15)23-14-6-9-17(31-2)21(33-4)20(14)24(29)34-23/h5-6,8-9,11,15,23H,7,10,12H2,1-4H3,(H,25,28)/t15-,23-/m1/s1. The average Bonchev–Trinajstić information content (AvgIpc) is 3.40. The number of likely N-dealkylation sites (tertiary alicyclic amines) is 1. The molecule has 2 aliphatic heterocycles. The van der Waals surface area contributed by atoms with Crippen molar-refractivity contribution >= 4 is 17.8 Å². The van der Waals surface area contributed by atoms with Gasteiger partial charge in [-0.2, -0.15) is 0 Å². The minimum Gasteiger partial charge on any atom is -0.493 e. The predicted molar refractivity (Wildman–Crippen MR) is 119 cm³/mol. The van der Waals surface area contributed by atoms with Crippen LogP contribution in [0, 0.1) is 0 Å². The lowest BCUT2D eigenvalue weighted by molar-refractivity contribution is -0.145. The maximum Gasteiger partial charge on any atom is 0.344 e. The minimum atomic E-state index is -1.02. The van der Waals surface area contributed by atoms with E-state index in [9.17, 15) is 14.4 Å². The molecule has 34 heavy (non-hydrogen) atoms. The molecule has 0 bridgehead atoms. The quantitative estimate of drug-likeness (QED) is 0.585. The molecule has 2 aromatic carbocycles. The number of nitrogens with one attached hydrogen (secondary N) is 1. The molecule has 10 nitrogen and oxygen atoms in total. The Morgan fingerprint density at radius 3 is 2.38 bits per heavy atom. The number of hydrogen-bond donors (Lipinski definition) is 1. The summed E-state index contributed by atoms with van der Waals surface area (Å²) < 4.78 is 26.7. The number of nitrogens with zero attached hydrogens (tertiary/aromatic N) is 1. The second-order valence-electron chi connectivity index (χ2n) is 7.79. The van der Waals surface area contributed by atoms with Crippen molar-refractivity contribution in [3.8, 4) is 23.0 Å². The molecule has 180 valence electrons. The molecule has 0 saturated carbocycles. The van der Waals surface area contributed by atoms with Crippen molar-refractivity contribution in [2.24, 2.45) is 0 Å². The highest BCUT2D eigenvalue weighted by Gasteiger charge is 2.47. The smallest absolute Gasteiger partial charge is 0.344 e. The lowest BCUT2D eigenvalue weighted by Gasteiger charge is -2.29. The van der Waals surface area contributed by atoms with Crippen LogP contribution in [0.3, 0.4) is 0 Å². The average molecular weight is 470 g/mol. The molecule has 0 spiro atoms. The lowest BCUT2D eigenvalue weighted by Crippen LogP contribution is -2.46. The first kappa shape index (κ1) is 23.2. The first-order chi connectivity index (χ1) is 16.4. The molecule has 2 heterocycles. The van der Waals surface area contributed by atoms with Crippen molar-refractivity contribution in [3.05, 3.63) is 47.0 Å². The number of cyclic esters (lactones) is 1. The van der Waals surface area contributed by atoms with E-state index in [0.717, 1.165) is 5.56 Å². The lowest BCUT2D eigenvalue weighted by atomic mass is 10.0. The van der Waals surface area contributed by atoms with Crippen LogP contribution >= 0.6 is 0 Å². The van der Waals surface area contributed by atoms with Gasteiger partial charge in [0.2, 0.25) is 18.0 Å². The zero-order valence-corrected chi connectivity index (χ0v) is 19.4. The second-order valence-corrected chi connectivity index (χ2v) is 7.79. The van der Waals surface area contributed by atoms with E-state index < -0.39 is 18.2 Å². The summed E-state index contributed by atoms with van der Waals surface area (Å²) in [6.45, 7) is 0.226. The predicted octanol–water partition coefficient (Wildman–Crippen LogP) is 2.20. The fourth-order valence-electron chi connectivity index (χ4n) is 4.34. The second kappa shape index (κ2) is 9.50. The molecule has 1 saturated heterocycles. The molecule has 0 aromatic heterocycles. The van der Waals surface area contributed by atoms with E-state index in [0.29, 0.717) is 29.2 Å². The summed E-state index contributed by atoms with van der Waals surface area (Å²) in [5, 5.41) is 2.87. The Morgan fingerprint density at radius 2 is 1.71 bits per heavy atom. The molecule has 1 fully saturated rings. The highest BCUT2D eigenvalue weighted by molar-refractivity contribution is 5.99. The van der Waals surface area contributed by atoms with Gasteiger partial charge in [0.25, 0.3) is 0 Å². The van der Waals surface area contributed by atoms with E-state index in [1.165, 1.54) is 26.2 Å². The summed E-state index contributed by atoms with van der Waals surface area (Å²) in [6, 6.07) is 7.83. The summed E-state index contributed by atoms with van der Waals surface area (Å²) >= 11 is 0. The minimum absolute atomic E-state index is 0.172. The van der Waals surface area contributed by atoms with Gasteiger partial charge < -0.3 is 29.0 Å². The first-order valence-electron chi connectivity index (χ1n) is 10.7. The molecule has 0 aliphatic carbocycles. The number of carbonyl (C=O) groups excluding carboxylic acids is 3. The Kier molecular flexibility index (Phi) is 6.49. The van der Waals surface area contributed by atoms with Crippen LogP contribution in [0.1, 0.15) is 40.6 Å². The van der Waals surface area contributed by atoms with Gasteiger partial charge in [-0.05, 0) is 36.2 Å². The third-order valence-corrected chi connectivity index (χ3v) is 5.99. The van der Waals surface area contributed by atoms with Gasteiger partial charge in [-0.1, -0.05) is 6.07 Å². The zero-order valence-electron chi connectivity index (χ0n) is 19.4. The molecule has 0 unspecified atom stereocenters. The first-order valence-corrected chi connectivity index (χ1v) is 10.7. The largest absolute Gasteiger partial charge is 0.493 e. The van der Waals surface area contributed by atoms with Crippen LogP contribution in [0.5, 0.6) is 23.0 Å². The van der Waals surface area contributed by atoms with Crippen molar-refractivity contribution in [3.63, 3.8) is 0 Å². The third kappa shape index (κ3) is 3.95. The summed E-state index contributed by atoms with van der Waals surface area (Å²) in [7, 11) is 5.97. The van der Waals surface area contributed by atoms with Crippen LogP contribution in [-0.4, -0.2) is 57.2 Å². The fourth-order valence-corrected chi connectivity index (χ4v) is 4.34. The number of methoxy groups -OCH3 is 4. The number of ether oxygens (including phenoxy) is 5. The third-order valence-electron chi connectivity index (χ3n) is 5.99. The maximum atomic E-state index is 13.1. The summed E-state index contributed by atoms with van der Waals surface area (Å²) in [6.07, 6.45) is -0.535. The molecule has 10 heteroatoms. The van der Waals surface area contributed by atoms with Gasteiger partial charge in [-0.15, -0.1) is 0 Å². The van der Waals surface area contributed by atoms with Crippen molar-refractivity contribution in [1.29, 1.82) is 0 Å². The molecule has 2 amide bonds. The van der Waals surface area contributed by atoms with Crippen LogP contribution in [0.25, 0.3) is 0 Å². The Hall–Kier alpha value is -3.95. The van der Waals surface area contributed by atoms with E-state index in [2.05, 4.69) is 5.32 Å². The van der Waals surface area contributed by atoms with Gasteiger partial charge in [0, 0.05) is 18.5 Å². The topological polar surface area (TPSA) is 113 Å². The summed E-state index contributed by atoms with van der Waals surface area (Å²) in [4.78, 5) is 39.8. The number of rotatable bonds is 8. The number of benzene rings is 2. The highest BCUT2D eigenvalue weighted by atomic mass is 16.6. The fraction of sp³-hybridized carbons (Fsp3) is 0.375. The van der Waals surface area contributed by atoms with Gasteiger partial charge in [0.1, 0.15) is 11.6 Å². The SMILES string of the molecule is COc1ccc(CNC(=O)[C@H]2CCC(=O)N2[C@@H]2OC(=O)c3c2ccc(OC)c3OC)cc1OC. The van der Waals surface area contributed by atoms with Crippen molar-refractivity contribution in [1.82, 2.24) is 10.2 Å². The van der Waals surface area contributed by atoms with Crippen LogP contribution < -0.4 is 24.3 Å². The molecular weight excluding hydrogens is 444 g/mol. The van der Waals surface area contributed by atoms with Crippen LogP contribution in [0.2, 0.25) is 0 Å². The van der Waals surface area contributed by atoms with E-state index >= 15 is 0 Å². The maximum absolute atomic E-state index is 13.1. The normalized spacial score (nSPS) is 18.9. The van der Waals surface area contributed by atoms with Gasteiger partial charge in [-0.25, -0.2) is 4.79 Å². The number of amides is 2. The highest BCUT2D eigenvalue weighted by Crippen LogP contribution is 2.45. The van der Waals surface area contributed by atoms with Gasteiger partial charge in [0.05, 0.1) is 28.4 Å². The Bertz CT molecular complexity index is 1130. The summed E-state index contributed by atoms with van der Waals surface area (Å²) in [5.74, 6) is 0.478. The van der Waals surface area contributed by atoms with E-state index in [1.54, 1.807) is 31.4 Å². The molecule has 2 aliphatic rings. The van der Waals surface area contributed by atoms with E-state index in [4.69, 9.17) is 23.7 Å². The van der Waals surface area contributed by atoms with E-state index in [-0.39, 0.29) is 36.1 Å². The van der Waals surface area contributed by atoms with Crippen LogP contribution in [0.4, 0.5) is 0 Å². The van der Waals surface area contributed by atoms with E-state index in [1.807, 2.05) is 6.07 Å². The number of fused-ring (bicyclic) bond motifs is 1. The molecular formula is C24H26N2O8. The van der Waals surface area contributed by atoms with Crippen molar-refractivity contribution in [2.45, 2.75) is 31.7 Å². The van der Waals surface area contributed by atoms with Crippen LogP contribution in [0.15, 0.2) is 30.3 Å². The Labute approximate surface area is 196 Å². The van der Waals surface area contributed by atoms with Gasteiger partial charge in [0.15, 0.2) is 23.0 Å². The van der Waals surface area contributed by atoms with Gasteiger partial charge >= 0.3 is 5.97 Å². The summed E-state index contributed by atoms with van der Waals surface area (Å²) in [5.41, 5.74) is 1.45. The molecule has 4 rings (SSSR count). The Balaban J connectivity index is 1.55.